The van der Waals surface area contributed by atoms with Crippen LogP contribution in [0.25, 0.3) is 10.8 Å². The Morgan fingerprint density at radius 1 is 0.950 bits per heavy atom. The average Bonchev–Trinajstić information content (AvgIpc) is 2.48. The van der Waals surface area contributed by atoms with Gasteiger partial charge in [0.05, 0.1) is 12.2 Å². The van der Waals surface area contributed by atoms with Crippen LogP contribution in [0.2, 0.25) is 0 Å². The molecule has 1 heterocycles. The van der Waals surface area contributed by atoms with Gasteiger partial charge < -0.3 is 5.32 Å². The third kappa shape index (κ3) is 2.40. The molecule has 0 aliphatic rings. The number of fused-ring (bicyclic) bond motifs is 1. The summed E-state index contributed by atoms with van der Waals surface area (Å²) in [7, 11) is 1.87. The van der Waals surface area contributed by atoms with Gasteiger partial charge in [-0.25, -0.2) is 4.39 Å². The number of pyridine rings is 1. The van der Waals surface area contributed by atoms with E-state index in [0.717, 1.165) is 11.1 Å². The second kappa shape index (κ2) is 5.39. The van der Waals surface area contributed by atoms with Crippen LogP contribution in [0.1, 0.15) is 17.2 Å². The van der Waals surface area contributed by atoms with Crippen molar-refractivity contribution in [1.29, 1.82) is 0 Å². The number of nitrogens with one attached hydrogen (secondary N) is 1. The second-order valence-corrected chi connectivity index (χ2v) is 4.76. The van der Waals surface area contributed by atoms with E-state index in [1.54, 1.807) is 6.20 Å². The third-order valence-electron chi connectivity index (χ3n) is 3.45. The highest BCUT2D eigenvalue weighted by atomic mass is 19.1. The van der Waals surface area contributed by atoms with E-state index in [4.69, 9.17) is 0 Å². The largest absolute Gasteiger partial charge is 0.309 e. The molecule has 2 aromatic carbocycles. The van der Waals surface area contributed by atoms with Crippen molar-refractivity contribution < 1.29 is 4.39 Å². The van der Waals surface area contributed by atoms with E-state index in [9.17, 15) is 4.39 Å². The molecular weight excluding hydrogens is 251 g/mol. The van der Waals surface area contributed by atoms with Crippen molar-refractivity contribution in [3.8, 4) is 0 Å². The molecule has 100 valence electrons. The van der Waals surface area contributed by atoms with Gasteiger partial charge in [0.25, 0.3) is 0 Å². The van der Waals surface area contributed by atoms with Crippen molar-refractivity contribution in [2.24, 2.45) is 0 Å². The smallest absolute Gasteiger partial charge is 0.141 e. The maximum absolute atomic E-state index is 13.3. The van der Waals surface area contributed by atoms with Crippen molar-refractivity contribution in [3.63, 3.8) is 0 Å². The quantitative estimate of drug-likeness (QED) is 0.782. The molecule has 1 unspecified atom stereocenters. The Labute approximate surface area is 117 Å². The Balaban J connectivity index is 2.07. The molecule has 20 heavy (non-hydrogen) atoms. The van der Waals surface area contributed by atoms with Gasteiger partial charge in [-0.05, 0) is 41.1 Å². The molecule has 0 fully saturated rings. The van der Waals surface area contributed by atoms with E-state index in [1.807, 2.05) is 19.2 Å². The highest BCUT2D eigenvalue weighted by Crippen LogP contribution is 2.25. The van der Waals surface area contributed by atoms with E-state index in [-0.39, 0.29) is 11.9 Å². The lowest BCUT2D eigenvalue weighted by Gasteiger charge is -2.17. The fourth-order valence-corrected chi connectivity index (χ4v) is 2.50. The lowest BCUT2D eigenvalue weighted by Crippen LogP contribution is -2.18. The predicted octanol–water partition coefficient (Wildman–Crippen LogP) is 3.68. The van der Waals surface area contributed by atoms with Gasteiger partial charge in [-0.1, -0.05) is 36.4 Å². The molecular formula is C17H15FN2. The number of halogens is 1. The molecule has 1 atom stereocenters. The lowest BCUT2D eigenvalue weighted by atomic mass is 9.97. The van der Waals surface area contributed by atoms with E-state index in [1.165, 1.54) is 23.0 Å². The monoisotopic (exact) mass is 266 g/mol. The molecule has 2 nitrogen and oxygen atoms in total. The maximum atomic E-state index is 13.3. The number of rotatable bonds is 3. The van der Waals surface area contributed by atoms with Crippen molar-refractivity contribution in [2.75, 3.05) is 7.05 Å². The van der Waals surface area contributed by atoms with Crippen LogP contribution < -0.4 is 5.32 Å². The molecule has 0 radical (unpaired) electrons. The molecule has 0 spiro atoms. The van der Waals surface area contributed by atoms with Crippen LogP contribution in [0.5, 0.6) is 0 Å². The zero-order valence-corrected chi connectivity index (χ0v) is 11.2. The Hall–Kier alpha value is -2.26. The van der Waals surface area contributed by atoms with Gasteiger partial charge in [0.1, 0.15) is 5.82 Å². The molecule has 3 heteroatoms. The molecule has 0 bridgehead atoms. The first-order valence-corrected chi connectivity index (χ1v) is 6.54. The van der Waals surface area contributed by atoms with Gasteiger partial charge in [-0.15, -0.1) is 0 Å². The van der Waals surface area contributed by atoms with Gasteiger partial charge in [-0.3, -0.25) is 4.98 Å². The van der Waals surface area contributed by atoms with Crippen molar-refractivity contribution in [2.45, 2.75) is 6.04 Å². The number of hydrogen-bond donors (Lipinski definition) is 1. The second-order valence-electron chi connectivity index (χ2n) is 4.76. The minimum atomic E-state index is -0.316. The Morgan fingerprint density at radius 2 is 1.75 bits per heavy atom. The van der Waals surface area contributed by atoms with Crippen LogP contribution in [0.3, 0.4) is 0 Å². The SMILES string of the molecule is CNC(c1cncc(F)c1)c1ccc2ccccc2c1. The summed E-state index contributed by atoms with van der Waals surface area (Å²) >= 11 is 0. The maximum Gasteiger partial charge on any atom is 0.141 e. The summed E-state index contributed by atoms with van der Waals surface area (Å²) in [5, 5.41) is 5.59. The molecule has 1 aromatic heterocycles. The van der Waals surface area contributed by atoms with Crippen LogP contribution in [0.4, 0.5) is 4.39 Å². The van der Waals surface area contributed by atoms with Gasteiger partial charge in [0, 0.05) is 6.20 Å². The zero-order valence-electron chi connectivity index (χ0n) is 11.2. The molecule has 1 N–H and O–H groups in total. The number of benzene rings is 2. The summed E-state index contributed by atoms with van der Waals surface area (Å²) in [4.78, 5) is 3.93. The summed E-state index contributed by atoms with van der Waals surface area (Å²) in [6.45, 7) is 0. The summed E-state index contributed by atoms with van der Waals surface area (Å²) in [5.41, 5.74) is 1.92. The van der Waals surface area contributed by atoms with Crippen LogP contribution in [-0.2, 0) is 0 Å². The third-order valence-corrected chi connectivity index (χ3v) is 3.45. The van der Waals surface area contributed by atoms with Gasteiger partial charge >= 0.3 is 0 Å². The summed E-state index contributed by atoms with van der Waals surface area (Å²) < 4.78 is 13.3. The van der Waals surface area contributed by atoms with E-state index in [2.05, 4.69) is 40.6 Å². The summed E-state index contributed by atoms with van der Waals surface area (Å²) in [6.07, 6.45) is 2.91. The topological polar surface area (TPSA) is 24.9 Å². The molecule has 0 saturated carbocycles. The normalized spacial score (nSPS) is 12.5. The Kier molecular flexibility index (Phi) is 3.44. The Bertz CT molecular complexity index is 740. The zero-order chi connectivity index (χ0) is 13.9. The molecule has 0 amide bonds. The van der Waals surface area contributed by atoms with E-state index < -0.39 is 0 Å². The van der Waals surface area contributed by atoms with Gasteiger partial charge in [-0.2, -0.15) is 0 Å². The minimum Gasteiger partial charge on any atom is -0.309 e. The average molecular weight is 266 g/mol. The highest BCUT2D eigenvalue weighted by Gasteiger charge is 2.13. The van der Waals surface area contributed by atoms with E-state index >= 15 is 0 Å². The van der Waals surface area contributed by atoms with Crippen molar-refractivity contribution in [1.82, 2.24) is 10.3 Å². The lowest BCUT2D eigenvalue weighted by molar-refractivity contribution is 0.609. The van der Waals surface area contributed by atoms with Crippen molar-refractivity contribution >= 4 is 10.8 Å². The predicted molar refractivity (Wildman–Crippen MR) is 79.0 cm³/mol. The van der Waals surface area contributed by atoms with Crippen LogP contribution in [0.15, 0.2) is 60.9 Å². The van der Waals surface area contributed by atoms with Crippen LogP contribution in [-0.4, -0.2) is 12.0 Å². The fraction of sp³-hybridized carbons (Fsp3) is 0.118. The minimum absolute atomic E-state index is 0.0668. The number of aromatic nitrogens is 1. The highest BCUT2D eigenvalue weighted by molar-refractivity contribution is 5.83. The standard InChI is InChI=1S/C17H15FN2/c1-19-17(15-9-16(18)11-20-10-15)14-7-6-12-4-2-3-5-13(12)8-14/h2-11,17,19H,1H3. The van der Waals surface area contributed by atoms with Gasteiger partial charge in [0.15, 0.2) is 0 Å². The fourth-order valence-electron chi connectivity index (χ4n) is 2.50. The molecule has 0 aliphatic carbocycles. The summed E-state index contributed by atoms with van der Waals surface area (Å²) in [5.74, 6) is -0.316. The molecule has 3 aromatic rings. The summed E-state index contributed by atoms with van der Waals surface area (Å²) in [6, 6.07) is 15.9. The molecule has 0 saturated heterocycles. The molecule has 3 rings (SSSR count). The first kappa shape index (κ1) is 12.8. The van der Waals surface area contributed by atoms with Crippen molar-refractivity contribution in [3.05, 3.63) is 77.9 Å². The number of nitrogens with zero attached hydrogens (tertiary/aromatic N) is 1. The first-order valence-electron chi connectivity index (χ1n) is 6.54. The molecule has 0 aliphatic heterocycles. The van der Waals surface area contributed by atoms with Crippen LogP contribution >= 0.6 is 0 Å². The van der Waals surface area contributed by atoms with Crippen LogP contribution in [0, 0.1) is 5.82 Å². The Morgan fingerprint density at radius 3 is 2.50 bits per heavy atom. The first-order chi connectivity index (χ1) is 9.78. The van der Waals surface area contributed by atoms with Gasteiger partial charge in [0.2, 0.25) is 0 Å². The number of hydrogen-bond acceptors (Lipinski definition) is 2. The van der Waals surface area contributed by atoms with E-state index in [0.29, 0.717) is 0 Å².